The van der Waals surface area contributed by atoms with Crippen LogP contribution in [0.5, 0.6) is 11.5 Å². The Kier molecular flexibility index (Phi) is 5.34. The summed E-state index contributed by atoms with van der Waals surface area (Å²) in [7, 11) is 1.64. The first kappa shape index (κ1) is 19.5. The highest BCUT2D eigenvalue weighted by Gasteiger charge is 2.51. The van der Waals surface area contributed by atoms with Crippen molar-refractivity contribution >= 4 is 17.8 Å². The van der Waals surface area contributed by atoms with Crippen LogP contribution in [-0.4, -0.2) is 66.0 Å². The smallest absolute Gasteiger partial charge is 0.325 e. The average Bonchev–Trinajstić information content (AvgIpc) is 2.88. The van der Waals surface area contributed by atoms with Gasteiger partial charge in [0.1, 0.15) is 18.7 Å². The maximum Gasteiger partial charge on any atom is 0.325 e. The average molecular weight is 401 g/mol. The second kappa shape index (κ2) is 7.93. The maximum atomic E-state index is 13.0. The predicted octanol–water partition coefficient (Wildman–Crippen LogP) is 1.93. The van der Waals surface area contributed by atoms with Crippen LogP contribution in [0.1, 0.15) is 38.5 Å². The molecular formula is C21H27N3O5. The molecule has 0 radical (unpaired) electrons. The lowest BCUT2D eigenvalue weighted by molar-refractivity contribution is -0.139. The van der Waals surface area contributed by atoms with Gasteiger partial charge < -0.3 is 19.7 Å². The molecule has 1 atom stereocenters. The fourth-order valence-corrected chi connectivity index (χ4v) is 4.31. The van der Waals surface area contributed by atoms with Gasteiger partial charge in [-0.2, -0.15) is 0 Å². The van der Waals surface area contributed by atoms with Crippen LogP contribution < -0.4 is 14.8 Å². The topological polar surface area (TPSA) is 88.2 Å². The van der Waals surface area contributed by atoms with Gasteiger partial charge in [0.2, 0.25) is 5.91 Å². The Labute approximate surface area is 170 Å². The number of carbonyl (C=O) groups is 3. The van der Waals surface area contributed by atoms with Crippen LogP contribution >= 0.6 is 0 Å². The van der Waals surface area contributed by atoms with E-state index in [1.807, 2.05) is 24.3 Å². The van der Waals surface area contributed by atoms with Crippen LogP contribution in [0.3, 0.4) is 0 Å². The second-order valence-corrected chi connectivity index (χ2v) is 8.09. The number of nitrogens with one attached hydrogen (secondary N) is 1. The van der Waals surface area contributed by atoms with E-state index in [1.54, 1.807) is 7.05 Å². The summed E-state index contributed by atoms with van der Waals surface area (Å²) in [5.41, 5.74) is -0.823. The van der Waals surface area contributed by atoms with Crippen LogP contribution in [0.15, 0.2) is 24.3 Å². The fourth-order valence-electron chi connectivity index (χ4n) is 4.31. The van der Waals surface area contributed by atoms with Gasteiger partial charge in [-0.05, 0) is 25.0 Å². The Balaban J connectivity index is 1.35. The molecule has 1 spiro atoms. The van der Waals surface area contributed by atoms with Crippen LogP contribution in [0, 0.1) is 0 Å². The number of fused-ring (bicyclic) bond motifs is 1. The van der Waals surface area contributed by atoms with Crippen LogP contribution in [-0.2, 0) is 9.59 Å². The lowest BCUT2D eigenvalue weighted by atomic mass is 9.90. The summed E-state index contributed by atoms with van der Waals surface area (Å²) in [6.07, 6.45) is 4.94. The van der Waals surface area contributed by atoms with E-state index in [0.29, 0.717) is 37.5 Å². The molecule has 2 fully saturated rings. The molecule has 3 aliphatic rings. The Morgan fingerprint density at radius 2 is 1.86 bits per heavy atom. The maximum absolute atomic E-state index is 13.0. The summed E-state index contributed by atoms with van der Waals surface area (Å²) in [5.74, 6) is 0.763. The van der Waals surface area contributed by atoms with Gasteiger partial charge in [-0.1, -0.05) is 37.8 Å². The number of ether oxygens (including phenoxy) is 2. The summed E-state index contributed by atoms with van der Waals surface area (Å²) in [4.78, 5) is 40.7. The van der Waals surface area contributed by atoms with Gasteiger partial charge in [0.15, 0.2) is 17.6 Å². The van der Waals surface area contributed by atoms with E-state index in [4.69, 9.17) is 9.47 Å². The SMILES string of the molecule is CN(C[C@H]1COc2ccccc2O1)C(=O)CN1C(=O)NC2(CCCCCC2)C1=O. The third-order valence-corrected chi connectivity index (χ3v) is 5.97. The quantitative estimate of drug-likeness (QED) is 0.779. The third kappa shape index (κ3) is 3.88. The number of rotatable bonds is 4. The number of amides is 4. The minimum absolute atomic E-state index is 0.257. The molecule has 2 aliphatic heterocycles. The zero-order chi connectivity index (χ0) is 20.4. The number of para-hydroxylation sites is 2. The predicted molar refractivity (Wildman–Crippen MR) is 105 cm³/mol. The number of hydrogen-bond acceptors (Lipinski definition) is 5. The van der Waals surface area contributed by atoms with Gasteiger partial charge in [0.25, 0.3) is 5.91 Å². The lowest BCUT2D eigenvalue weighted by Gasteiger charge is -2.30. The zero-order valence-corrected chi connectivity index (χ0v) is 16.7. The van der Waals surface area contributed by atoms with E-state index in [0.717, 1.165) is 30.6 Å². The molecule has 1 aliphatic carbocycles. The highest BCUT2D eigenvalue weighted by molar-refractivity contribution is 6.09. The highest BCUT2D eigenvalue weighted by Crippen LogP contribution is 2.33. The molecule has 29 heavy (non-hydrogen) atoms. The van der Waals surface area contributed by atoms with Crippen molar-refractivity contribution in [2.45, 2.75) is 50.2 Å². The van der Waals surface area contributed by atoms with Gasteiger partial charge in [0.05, 0.1) is 6.54 Å². The first-order valence-corrected chi connectivity index (χ1v) is 10.2. The molecule has 1 N–H and O–H groups in total. The van der Waals surface area contributed by atoms with Crippen molar-refractivity contribution in [2.24, 2.45) is 0 Å². The van der Waals surface area contributed by atoms with Crippen molar-refractivity contribution in [3.05, 3.63) is 24.3 Å². The molecule has 1 saturated carbocycles. The summed E-state index contributed by atoms with van der Waals surface area (Å²) < 4.78 is 11.6. The van der Waals surface area contributed by atoms with Crippen molar-refractivity contribution in [3.63, 3.8) is 0 Å². The molecule has 8 nitrogen and oxygen atoms in total. The molecule has 1 aromatic carbocycles. The van der Waals surface area contributed by atoms with E-state index < -0.39 is 11.6 Å². The van der Waals surface area contributed by atoms with Crippen LogP contribution in [0.2, 0.25) is 0 Å². The molecule has 0 bridgehead atoms. The molecule has 156 valence electrons. The first-order chi connectivity index (χ1) is 14.0. The summed E-state index contributed by atoms with van der Waals surface area (Å²) in [6, 6.07) is 6.92. The number of carbonyl (C=O) groups excluding carboxylic acids is 3. The number of benzene rings is 1. The van der Waals surface area contributed by atoms with Gasteiger partial charge in [-0.15, -0.1) is 0 Å². The summed E-state index contributed by atoms with van der Waals surface area (Å²) in [5, 5.41) is 2.87. The normalized spacial score (nSPS) is 22.9. The number of urea groups is 1. The molecule has 2 heterocycles. The Morgan fingerprint density at radius 3 is 2.59 bits per heavy atom. The van der Waals surface area contributed by atoms with Crippen molar-refractivity contribution in [3.8, 4) is 11.5 Å². The van der Waals surface area contributed by atoms with E-state index in [-0.39, 0.29) is 24.5 Å². The lowest BCUT2D eigenvalue weighted by Crippen LogP contribution is -2.48. The minimum Gasteiger partial charge on any atom is -0.486 e. The molecule has 0 unspecified atom stereocenters. The first-order valence-electron chi connectivity index (χ1n) is 10.2. The van der Waals surface area contributed by atoms with Crippen molar-refractivity contribution in [1.82, 2.24) is 15.1 Å². The molecule has 8 heteroatoms. The summed E-state index contributed by atoms with van der Waals surface area (Å²) in [6.45, 7) is 0.385. The fraction of sp³-hybridized carbons (Fsp3) is 0.571. The number of likely N-dealkylation sites (N-methyl/N-ethyl adjacent to an activating group) is 1. The minimum atomic E-state index is -0.823. The number of nitrogens with zero attached hydrogens (tertiary/aromatic N) is 2. The molecule has 4 rings (SSSR count). The van der Waals surface area contributed by atoms with Crippen molar-refractivity contribution in [1.29, 1.82) is 0 Å². The molecule has 4 amide bonds. The van der Waals surface area contributed by atoms with Crippen molar-refractivity contribution in [2.75, 3.05) is 26.7 Å². The monoisotopic (exact) mass is 401 g/mol. The van der Waals surface area contributed by atoms with Crippen LogP contribution in [0.4, 0.5) is 4.79 Å². The van der Waals surface area contributed by atoms with Crippen LogP contribution in [0.25, 0.3) is 0 Å². The Bertz CT molecular complexity index is 803. The Morgan fingerprint density at radius 1 is 1.17 bits per heavy atom. The molecular weight excluding hydrogens is 374 g/mol. The van der Waals surface area contributed by atoms with Gasteiger partial charge in [0, 0.05) is 7.05 Å². The summed E-state index contributed by atoms with van der Waals surface area (Å²) >= 11 is 0. The largest absolute Gasteiger partial charge is 0.486 e. The molecule has 0 aromatic heterocycles. The van der Waals surface area contributed by atoms with Gasteiger partial charge >= 0.3 is 6.03 Å². The van der Waals surface area contributed by atoms with Gasteiger partial charge in [-0.25, -0.2) is 4.79 Å². The van der Waals surface area contributed by atoms with E-state index in [1.165, 1.54) is 4.90 Å². The number of hydrogen-bond donors (Lipinski definition) is 1. The van der Waals surface area contributed by atoms with Gasteiger partial charge in [-0.3, -0.25) is 14.5 Å². The van der Waals surface area contributed by atoms with E-state index in [9.17, 15) is 14.4 Å². The van der Waals surface area contributed by atoms with E-state index >= 15 is 0 Å². The highest BCUT2D eigenvalue weighted by atomic mass is 16.6. The second-order valence-electron chi connectivity index (χ2n) is 8.09. The zero-order valence-electron chi connectivity index (χ0n) is 16.7. The van der Waals surface area contributed by atoms with E-state index in [2.05, 4.69) is 5.32 Å². The third-order valence-electron chi connectivity index (χ3n) is 5.97. The van der Waals surface area contributed by atoms with Crippen molar-refractivity contribution < 1.29 is 23.9 Å². The standard InChI is InChI=1S/C21H27N3O5/c1-23(12-15-14-28-16-8-4-5-9-17(16)29-15)18(25)13-24-19(26)21(22-20(24)27)10-6-2-3-7-11-21/h4-5,8-9,15H,2-3,6-7,10-14H2,1H3,(H,22,27)/t15-/m0/s1. The number of imide groups is 1. The molecule has 1 aromatic rings. The molecule has 1 saturated heterocycles. The Hall–Kier alpha value is -2.77.